The molecule has 5 nitrogen and oxygen atoms in total. The molecular formula is C16H20BrFN2O3. The number of amides is 2. The van der Waals surface area contributed by atoms with Crippen LogP contribution in [0.1, 0.15) is 26.3 Å². The summed E-state index contributed by atoms with van der Waals surface area (Å²) in [5.74, 6) is -0.405. The number of ether oxygens (including phenoxy) is 1. The Morgan fingerprint density at radius 3 is 2.61 bits per heavy atom. The van der Waals surface area contributed by atoms with Gasteiger partial charge >= 0.3 is 6.09 Å². The molecule has 7 heteroatoms. The van der Waals surface area contributed by atoms with Gasteiger partial charge < -0.3 is 15.0 Å². The molecule has 2 amide bonds. The highest BCUT2D eigenvalue weighted by atomic mass is 79.9. The van der Waals surface area contributed by atoms with E-state index in [0.29, 0.717) is 17.6 Å². The van der Waals surface area contributed by atoms with Crippen LogP contribution in [0.2, 0.25) is 0 Å². The Morgan fingerprint density at radius 1 is 1.39 bits per heavy atom. The van der Waals surface area contributed by atoms with Gasteiger partial charge in [-0.2, -0.15) is 0 Å². The van der Waals surface area contributed by atoms with E-state index in [1.54, 1.807) is 37.8 Å². The van der Waals surface area contributed by atoms with E-state index in [0.717, 1.165) is 5.56 Å². The van der Waals surface area contributed by atoms with Gasteiger partial charge in [0.05, 0.1) is 16.9 Å². The van der Waals surface area contributed by atoms with E-state index in [2.05, 4.69) is 21.2 Å². The van der Waals surface area contributed by atoms with Crippen LogP contribution < -0.4 is 5.32 Å². The molecule has 0 aromatic heterocycles. The van der Waals surface area contributed by atoms with Gasteiger partial charge in [-0.05, 0) is 54.4 Å². The molecule has 0 radical (unpaired) electrons. The van der Waals surface area contributed by atoms with Crippen molar-refractivity contribution in [3.63, 3.8) is 0 Å². The van der Waals surface area contributed by atoms with Crippen LogP contribution in [0.4, 0.5) is 9.18 Å². The molecule has 1 heterocycles. The highest BCUT2D eigenvalue weighted by Crippen LogP contribution is 2.19. The molecule has 0 saturated carbocycles. The third-order valence-electron chi connectivity index (χ3n) is 3.29. The molecule has 1 saturated heterocycles. The average molecular weight is 387 g/mol. The van der Waals surface area contributed by atoms with Gasteiger partial charge in [0, 0.05) is 13.1 Å². The molecule has 126 valence electrons. The number of rotatable bonds is 3. The summed E-state index contributed by atoms with van der Waals surface area (Å²) in [5, 5.41) is 2.73. The van der Waals surface area contributed by atoms with E-state index in [-0.39, 0.29) is 24.2 Å². The third-order valence-corrected chi connectivity index (χ3v) is 3.90. The van der Waals surface area contributed by atoms with Crippen molar-refractivity contribution in [1.29, 1.82) is 0 Å². The minimum atomic E-state index is -0.542. The number of benzene rings is 1. The molecular weight excluding hydrogens is 367 g/mol. The Kier molecular flexibility index (Phi) is 5.29. The van der Waals surface area contributed by atoms with Crippen molar-refractivity contribution in [1.82, 2.24) is 10.2 Å². The summed E-state index contributed by atoms with van der Waals surface area (Å²) < 4.78 is 18.7. The quantitative estimate of drug-likeness (QED) is 0.868. The fourth-order valence-electron chi connectivity index (χ4n) is 2.18. The van der Waals surface area contributed by atoms with Gasteiger partial charge in [-0.1, -0.05) is 6.07 Å². The second-order valence-electron chi connectivity index (χ2n) is 6.57. The summed E-state index contributed by atoms with van der Waals surface area (Å²) >= 11 is 3.10. The second-order valence-corrected chi connectivity index (χ2v) is 7.42. The van der Waals surface area contributed by atoms with Crippen LogP contribution in [0.5, 0.6) is 0 Å². The molecule has 0 aliphatic carbocycles. The summed E-state index contributed by atoms with van der Waals surface area (Å²) in [7, 11) is 0. The van der Waals surface area contributed by atoms with E-state index in [9.17, 15) is 14.0 Å². The number of halogens is 2. The van der Waals surface area contributed by atoms with Crippen LogP contribution in [0.3, 0.4) is 0 Å². The Hall–Kier alpha value is -1.63. The number of hydrogen-bond donors (Lipinski definition) is 1. The van der Waals surface area contributed by atoms with Crippen LogP contribution >= 0.6 is 15.9 Å². The second kappa shape index (κ2) is 6.86. The molecule has 23 heavy (non-hydrogen) atoms. The smallest absolute Gasteiger partial charge is 0.407 e. The van der Waals surface area contributed by atoms with Gasteiger partial charge in [0.25, 0.3) is 0 Å². The third kappa shape index (κ3) is 5.20. The van der Waals surface area contributed by atoms with Crippen molar-refractivity contribution in [2.45, 2.75) is 38.8 Å². The molecule has 1 aliphatic rings. The number of hydrogen-bond acceptors (Lipinski definition) is 3. The molecule has 1 aromatic carbocycles. The van der Waals surface area contributed by atoms with Gasteiger partial charge in [-0.15, -0.1) is 0 Å². The largest absolute Gasteiger partial charge is 0.444 e. The van der Waals surface area contributed by atoms with E-state index in [4.69, 9.17) is 4.74 Å². The lowest BCUT2D eigenvalue weighted by Crippen LogP contribution is -2.61. The van der Waals surface area contributed by atoms with E-state index in [1.807, 2.05) is 0 Å². The summed E-state index contributed by atoms with van der Waals surface area (Å²) in [6, 6.07) is 4.43. The predicted molar refractivity (Wildman–Crippen MR) is 87.5 cm³/mol. The Balaban J connectivity index is 1.77. The van der Waals surface area contributed by atoms with Crippen molar-refractivity contribution >= 4 is 27.9 Å². The summed E-state index contributed by atoms with van der Waals surface area (Å²) in [6.07, 6.45) is -0.269. The van der Waals surface area contributed by atoms with Crippen molar-refractivity contribution in [3.05, 3.63) is 34.1 Å². The van der Waals surface area contributed by atoms with Crippen molar-refractivity contribution < 1.29 is 18.7 Å². The fourth-order valence-corrected chi connectivity index (χ4v) is 2.61. The van der Waals surface area contributed by atoms with Crippen molar-refractivity contribution in [2.24, 2.45) is 0 Å². The summed E-state index contributed by atoms with van der Waals surface area (Å²) in [5.41, 5.74) is 0.200. The minimum absolute atomic E-state index is 0.0502. The maximum atomic E-state index is 13.2. The zero-order valence-corrected chi connectivity index (χ0v) is 14.9. The lowest BCUT2D eigenvalue weighted by atomic mass is 10.1. The molecule has 1 N–H and O–H groups in total. The lowest BCUT2D eigenvalue weighted by molar-refractivity contribution is -0.135. The van der Waals surface area contributed by atoms with Gasteiger partial charge in [0.1, 0.15) is 11.4 Å². The van der Waals surface area contributed by atoms with Gasteiger partial charge in [-0.3, -0.25) is 4.79 Å². The first-order valence-corrected chi connectivity index (χ1v) is 8.14. The standard InChI is InChI=1S/C16H20BrFN2O3/c1-16(2,3)23-15(22)19-11-8-20(9-11)14(21)7-10-4-5-13(18)12(17)6-10/h4-6,11H,7-9H2,1-3H3,(H,19,22). The van der Waals surface area contributed by atoms with E-state index < -0.39 is 11.7 Å². The molecule has 1 fully saturated rings. The van der Waals surface area contributed by atoms with Crippen LogP contribution in [-0.4, -0.2) is 41.6 Å². The van der Waals surface area contributed by atoms with Gasteiger partial charge in [-0.25, -0.2) is 9.18 Å². The van der Waals surface area contributed by atoms with Gasteiger partial charge in [0.2, 0.25) is 5.91 Å². The fraction of sp³-hybridized carbons (Fsp3) is 0.500. The number of nitrogens with zero attached hydrogens (tertiary/aromatic N) is 1. The Bertz CT molecular complexity index is 610. The van der Waals surface area contributed by atoms with Crippen molar-refractivity contribution in [2.75, 3.05) is 13.1 Å². The van der Waals surface area contributed by atoms with Crippen LogP contribution in [0.15, 0.2) is 22.7 Å². The SMILES string of the molecule is CC(C)(C)OC(=O)NC1CN(C(=O)Cc2ccc(F)c(Br)c2)C1. The first kappa shape index (κ1) is 17.7. The molecule has 1 aromatic rings. The Morgan fingerprint density at radius 2 is 2.04 bits per heavy atom. The predicted octanol–water partition coefficient (Wildman–Crippen LogP) is 2.87. The molecule has 1 aliphatic heterocycles. The summed E-state index contributed by atoms with van der Waals surface area (Å²) in [4.78, 5) is 25.4. The molecule has 0 bridgehead atoms. The molecule has 0 unspecified atom stereocenters. The maximum Gasteiger partial charge on any atom is 0.407 e. The van der Waals surface area contributed by atoms with Gasteiger partial charge in [0.15, 0.2) is 0 Å². The van der Waals surface area contributed by atoms with E-state index >= 15 is 0 Å². The maximum absolute atomic E-state index is 13.2. The highest BCUT2D eigenvalue weighted by Gasteiger charge is 2.32. The Labute approximate surface area is 143 Å². The molecule has 0 atom stereocenters. The minimum Gasteiger partial charge on any atom is -0.444 e. The number of likely N-dealkylation sites (tertiary alicyclic amines) is 1. The van der Waals surface area contributed by atoms with Crippen LogP contribution in [0.25, 0.3) is 0 Å². The first-order chi connectivity index (χ1) is 10.6. The number of nitrogens with one attached hydrogen (secondary N) is 1. The monoisotopic (exact) mass is 386 g/mol. The highest BCUT2D eigenvalue weighted by molar-refractivity contribution is 9.10. The van der Waals surface area contributed by atoms with Crippen LogP contribution in [0, 0.1) is 5.82 Å². The average Bonchev–Trinajstić information content (AvgIpc) is 2.35. The summed E-state index contributed by atoms with van der Waals surface area (Å²) in [6.45, 7) is 6.30. The van der Waals surface area contributed by atoms with E-state index in [1.165, 1.54) is 6.07 Å². The lowest BCUT2D eigenvalue weighted by Gasteiger charge is -2.39. The number of carbonyl (C=O) groups excluding carboxylic acids is 2. The molecule has 2 rings (SSSR count). The van der Waals surface area contributed by atoms with Crippen LogP contribution in [-0.2, 0) is 16.0 Å². The number of carbonyl (C=O) groups is 2. The zero-order chi connectivity index (χ0) is 17.2. The topological polar surface area (TPSA) is 58.6 Å². The zero-order valence-electron chi connectivity index (χ0n) is 13.4. The van der Waals surface area contributed by atoms with Crippen molar-refractivity contribution in [3.8, 4) is 0 Å². The normalized spacial score (nSPS) is 15.1. The number of alkyl carbamates (subject to hydrolysis) is 1. The molecule has 0 spiro atoms. The first-order valence-electron chi connectivity index (χ1n) is 7.35.